The second-order valence-corrected chi connectivity index (χ2v) is 3.56. The van der Waals surface area contributed by atoms with Crippen molar-refractivity contribution in [2.45, 2.75) is 19.5 Å². The van der Waals surface area contributed by atoms with E-state index in [4.69, 9.17) is 0 Å². The number of allylic oxidation sites excluding steroid dienone is 1. The van der Waals surface area contributed by atoms with E-state index in [-0.39, 0.29) is 0 Å². The van der Waals surface area contributed by atoms with Gasteiger partial charge in [0.25, 0.3) is 0 Å². The summed E-state index contributed by atoms with van der Waals surface area (Å²) in [5.74, 6) is 0.718. The largest absolute Gasteiger partial charge is 0.302 e. The molecule has 0 amide bonds. The molecule has 0 saturated carbocycles. The van der Waals surface area contributed by atoms with Crippen LogP contribution in [0.4, 0.5) is 0 Å². The zero-order chi connectivity index (χ0) is 9.68. The normalized spacial score (nSPS) is 18.8. The maximum Gasteiger partial charge on any atom is 0.0784 e. The van der Waals surface area contributed by atoms with E-state index in [9.17, 15) is 0 Å². The summed E-state index contributed by atoms with van der Waals surface area (Å²) in [5, 5.41) is 3.28. The SMILES string of the molecule is CC/C=C\C(NC)N(C)CC1C=C1. The molecular weight excluding hydrogens is 160 g/mol. The van der Waals surface area contributed by atoms with Gasteiger partial charge in [-0.05, 0) is 20.5 Å². The molecule has 0 aromatic carbocycles. The minimum atomic E-state index is 0.377. The van der Waals surface area contributed by atoms with Gasteiger partial charge in [0, 0.05) is 12.5 Å². The Bertz CT molecular complexity index is 190. The summed E-state index contributed by atoms with van der Waals surface area (Å²) in [6.07, 6.45) is 10.4. The van der Waals surface area contributed by atoms with E-state index in [1.807, 2.05) is 7.05 Å². The molecule has 0 spiro atoms. The van der Waals surface area contributed by atoms with Gasteiger partial charge in [0.05, 0.1) is 6.17 Å². The number of nitrogens with zero attached hydrogens (tertiary/aromatic N) is 1. The zero-order valence-electron chi connectivity index (χ0n) is 8.83. The van der Waals surface area contributed by atoms with Crippen molar-refractivity contribution in [2.75, 3.05) is 20.6 Å². The molecule has 1 rings (SSSR count). The topological polar surface area (TPSA) is 15.3 Å². The maximum atomic E-state index is 3.28. The number of likely N-dealkylation sites (N-methyl/N-ethyl adjacent to an activating group) is 2. The number of hydrogen-bond donors (Lipinski definition) is 1. The van der Waals surface area contributed by atoms with Gasteiger partial charge in [-0.2, -0.15) is 0 Å². The van der Waals surface area contributed by atoms with Gasteiger partial charge in [0.15, 0.2) is 0 Å². The van der Waals surface area contributed by atoms with Crippen molar-refractivity contribution in [3.63, 3.8) is 0 Å². The highest BCUT2D eigenvalue weighted by Gasteiger charge is 2.16. The van der Waals surface area contributed by atoms with Gasteiger partial charge in [-0.25, -0.2) is 0 Å². The summed E-state index contributed by atoms with van der Waals surface area (Å²) in [6, 6.07) is 0. The summed E-state index contributed by atoms with van der Waals surface area (Å²) in [5.41, 5.74) is 0. The molecule has 0 bridgehead atoms. The molecule has 0 fully saturated rings. The fourth-order valence-corrected chi connectivity index (χ4v) is 1.37. The van der Waals surface area contributed by atoms with E-state index in [0.29, 0.717) is 6.17 Å². The first kappa shape index (κ1) is 10.5. The summed E-state index contributed by atoms with van der Waals surface area (Å²) >= 11 is 0. The fraction of sp³-hybridized carbons (Fsp3) is 0.636. The molecule has 0 aromatic rings. The summed E-state index contributed by atoms with van der Waals surface area (Å²) < 4.78 is 0. The molecule has 1 aliphatic carbocycles. The first-order valence-corrected chi connectivity index (χ1v) is 5.00. The summed E-state index contributed by atoms with van der Waals surface area (Å²) in [6.45, 7) is 3.28. The van der Waals surface area contributed by atoms with Crippen molar-refractivity contribution in [1.29, 1.82) is 0 Å². The second kappa shape index (κ2) is 5.20. The van der Waals surface area contributed by atoms with Crippen LogP contribution in [0.3, 0.4) is 0 Å². The lowest BCUT2D eigenvalue weighted by molar-refractivity contribution is 0.250. The van der Waals surface area contributed by atoms with Crippen molar-refractivity contribution in [3.05, 3.63) is 24.3 Å². The van der Waals surface area contributed by atoms with E-state index in [1.54, 1.807) is 0 Å². The predicted molar refractivity (Wildman–Crippen MR) is 57.5 cm³/mol. The Morgan fingerprint density at radius 1 is 1.54 bits per heavy atom. The first-order chi connectivity index (χ1) is 6.27. The number of rotatable bonds is 6. The molecule has 0 heterocycles. The molecular formula is C11H20N2. The van der Waals surface area contributed by atoms with E-state index >= 15 is 0 Å². The van der Waals surface area contributed by atoms with Crippen LogP contribution >= 0.6 is 0 Å². The molecule has 1 aliphatic rings. The third-order valence-corrected chi connectivity index (χ3v) is 2.29. The zero-order valence-corrected chi connectivity index (χ0v) is 8.83. The van der Waals surface area contributed by atoms with Crippen LogP contribution < -0.4 is 5.32 Å². The Balaban J connectivity index is 2.29. The highest BCUT2D eigenvalue weighted by atomic mass is 15.2. The average Bonchev–Trinajstić information content (AvgIpc) is 2.90. The van der Waals surface area contributed by atoms with E-state index < -0.39 is 0 Å². The highest BCUT2D eigenvalue weighted by Crippen LogP contribution is 2.17. The number of hydrogen-bond acceptors (Lipinski definition) is 2. The van der Waals surface area contributed by atoms with Crippen molar-refractivity contribution in [3.8, 4) is 0 Å². The van der Waals surface area contributed by atoms with Crippen molar-refractivity contribution in [1.82, 2.24) is 10.2 Å². The molecule has 0 aliphatic heterocycles. The second-order valence-electron chi connectivity index (χ2n) is 3.56. The lowest BCUT2D eigenvalue weighted by Crippen LogP contribution is -2.41. The molecule has 0 aromatic heterocycles. The Morgan fingerprint density at radius 3 is 2.69 bits per heavy atom. The Labute approximate surface area is 81.3 Å². The van der Waals surface area contributed by atoms with Crippen LogP contribution in [0.1, 0.15) is 13.3 Å². The summed E-state index contributed by atoms with van der Waals surface area (Å²) in [4.78, 5) is 2.33. The average molecular weight is 180 g/mol. The molecule has 74 valence electrons. The Kier molecular flexibility index (Phi) is 4.19. The summed E-state index contributed by atoms with van der Waals surface area (Å²) in [7, 11) is 4.16. The molecule has 1 atom stereocenters. The molecule has 1 unspecified atom stereocenters. The van der Waals surface area contributed by atoms with Crippen molar-refractivity contribution >= 4 is 0 Å². The van der Waals surface area contributed by atoms with Gasteiger partial charge in [0.1, 0.15) is 0 Å². The van der Waals surface area contributed by atoms with Gasteiger partial charge in [-0.1, -0.05) is 31.2 Å². The van der Waals surface area contributed by atoms with Crippen LogP contribution in [0.5, 0.6) is 0 Å². The molecule has 13 heavy (non-hydrogen) atoms. The molecule has 0 radical (unpaired) electrons. The monoisotopic (exact) mass is 180 g/mol. The molecule has 2 nitrogen and oxygen atoms in total. The van der Waals surface area contributed by atoms with Crippen molar-refractivity contribution in [2.24, 2.45) is 5.92 Å². The third-order valence-electron chi connectivity index (χ3n) is 2.29. The van der Waals surface area contributed by atoms with Crippen LogP contribution in [0, 0.1) is 5.92 Å². The predicted octanol–water partition coefficient (Wildman–Crippen LogP) is 1.62. The lowest BCUT2D eigenvalue weighted by atomic mass is 10.3. The quantitative estimate of drug-likeness (QED) is 0.493. The standard InChI is InChI=1S/C11H20N2/c1-4-5-6-11(12-2)13(3)9-10-7-8-10/h5-8,10-12H,4,9H2,1-3H3/b6-5-. The van der Waals surface area contributed by atoms with Crippen LogP contribution in [0.15, 0.2) is 24.3 Å². The first-order valence-electron chi connectivity index (χ1n) is 5.00. The minimum Gasteiger partial charge on any atom is -0.302 e. The molecule has 2 heteroatoms. The molecule has 1 N–H and O–H groups in total. The van der Waals surface area contributed by atoms with Gasteiger partial charge < -0.3 is 5.32 Å². The van der Waals surface area contributed by atoms with Gasteiger partial charge >= 0.3 is 0 Å². The van der Waals surface area contributed by atoms with Gasteiger partial charge in [-0.3, -0.25) is 4.90 Å². The van der Waals surface area contributed by atoms with Gasteiger partial charge in [-0.15, -0.1) is 0 Å². The van der Waals surface area contributed by atoms with E-state index in [0.717, 1.165) is 18.9 Å². The van der Waals surface area contributed by atoms with Crippen LogP contribution in [0.2, 0.25) is 0 Å². The van der Waals surface area contributed by atoms with Gasteiger partial charge in [0.2, 0.25) is 0 Å². The Hall–Kier alpha value is -0.600. The van der Waals surface area contributed by atoms with Crippen LogP contribution in [-0.2, 0) is 0 Å². The van der Waals surface area contributed by atoms with Crippen molar-refractivity contribution < 1.29 is 0 Å². The lowest BCUT2D eigenvalue weighted by Gasteiger charge is -2.24. The smallest absolute Gasteiger partial charge is 0.0784 e. The number of nitrogens with one attached hydrogen (secondary N) is 1. The van der Waals surface area contributed by atoms with E-state index in [2.05, 4.69) is 48.5 Å². The maximum absolute atomic E-state index is 3.28. The fourth-order valence-electron chi connectivity index (χ4n) is 1.37. The highest BCUT2D eigenvalue weighted by molar-refractivity contribution is 5.14. The van der Waals surface area contributed by atoms with Crippen LogP contribution in [0.25, 0.3) is 0 Å². The Morgan fingerprint density at radius 2 is 2.23 bits per heavy atom. The minimum absolute atomic E-state index is 0.377. The third kappa shape index (κ3) is 3.75. The molecule has 0 saturated heterocycles. The van der Waals surface area contributed by atoms with E-state index in [1.165, 1.54) is 0 Å². The van der Waals surface area contributed by atoms with Crippen LogP contribution in [-0.4, -0.2) is 31.7 Å².